The molecule has 5 heteroatoms. The van der Waals surface area contributed by atoms with Gasteiger partial charge in [-0.3, -0.25) is 4.84 Å². The van der Waals surface area contributed by atoms with Gasteiger partial charge in [-0.2, -0.15) is 5.06 Å². The van der Waals surface area contributed by atoms with E-state index in [-0.39, 0.29) is 5.04 Å². The zero-order valence-electron chi connectivity index (χ0n) is 13.5. The zero-order valence-corrected chi connectivity index (χ0v) is 14.5. The second-order valence-electron chi connectivity index (χ2n) is 6.81. The Kier molecular flexibility index (Phi) is 6.46. The van der Waals surface area contributed by atoms with Gasteiger partial charge in [-0.15, -0.1) is 0 Å². The molecule has 0 saturated carbocycles. The van der Waals surface area contributed by atoms with Gasteiger partial charge in [0, 0.05) is 20.2 Å². The lowest BCUT2D eigenvalue weighted by Crippen LogP contribution is -2.42. The number of rotatable bonds is 6. The molecule has 1 saturated heterocycles. The molecular formula is C14H31NO3Si. The maximum atomic E-state index is 6.09. The van der Waals surface area contributed by atoms with E-state index in [1.54, 1.807) is 7.11 Å². The molecule has 1 fully saturated rings. The van der Waals surface area contributed by atoms with Crippen LogP contribution >= 0.6 is 0 Å². The highest BCUT2D eigenvalue weighted by molar-refractivity contribution is 6.74. The van der Waals surface area contributed by atoms with Crippen LogP contribution in [0.2, 0.25) is 18.1 Å². The van der Waals surface area contributed by atoms with Crippen molar-refractivity contribution in [3.05, 3.63) is 0 Å². The summed E-state index contributed by atoms with van der Waals surface area (Å²) in [5, 5.41) is 2.31. The van der Waals surface area contributed by atoms with Crippen molar-refractivity contribution in [1.82, 2.24) is 5.06 Å². The molecule has 1 aliphatic rings. The number of hydrogen-bond acceptors (Lipinski definition) is 4. The second kappa shape index (κ2) is 7.18. The number of piperidine rings is 1. The molecule has 0 spiro atoms. The fourth-order valence-corrected chi connectivity index (χ4v) is 2.90. The molecule has 19 heavy (non-hydrogen) atoms. The normalized spacial score (nSPS) is 19.9. The number of nitrogens with zero attached hydrogens (tertiary/aromatic N) is 1. The third-order valence-corrected chi connectivity index (χ3v) is 8.90. The van der Waals surface area contributed by atoms with Crippen LogP contribution in [0.25, 0.3) is 0 Å². The summed E-state index contributed by atoms with van der Waals surface area (Å²) in [7, 11) is 0.159. The van der Waals surface area contributed by atoms with Crippen LogP contribution in [0.4, 0.5) is 0 Å². The van der Waals surface area contributed by atoms with Gasteiger partial charge in [-0.1, -0.05) is 20.8 Å². The van der Waals surface area contributed by atoms with Gasteiger partial charge in [0.2, 0.25) is 0 Å². The van der Waals surface area contributed by atoms with E-state index in [1.807, 2.05) is 5.06 Å². The Morgan fingerprint density at radius 2 is 1.68 bits per heavy atom. The highest BCUT2D eigenvalue weighted by atomic mass is 28.4. The Morgan fingerprint density at radius 1 is 1.11 bits per heavy atom. The molecule has 1 rings (SSSR count). The predicted octanol–water partition coefficient (Wildman–Crippen LogP) is 3.05. The van der Waals surface area contributed by atoms with E-state index in [1.165, 1.54) is 0 Å². The van der Waals surface area contributed by atoms with Gasteiger partial charge in [0.15, 0.2) is 8.32 Å². The van der Waals surface area contributed by atoms with Crippen LogP contribution in [0.15, 0.2) is 0 Å². The fourth-order valence-electron chi connectivity index (χ4n) is 1.88. The van der Waals surface area contributed by atoms with E-state index >= 15 is 0 Å². The Labute approximate surface area is 119 Å². The van der Waals surface area contributed by atoms with E-state index in [0.717, 1.165) is 25.9 Å². The van der Waals surface area contributed by atoms with Gasteiger partial charge in [-0.25, -0.2) is 0 Å². The number of methoxy groups -OCH3 is 1. The maximum absolute atomic E-state index is 6.09. The molecule has 1 aliphatic heterocycles. The van der Waals surface area contributed by atoms with Crippen molar-refractivity contribution in [2.45, 2.75) is 57.8 Å². The smallest absolute Gasteiger partial charge is 0.192 e. The molecular weight excluding hydrogens is 258 g/mol. The van der Waals surface area contributed by atoms with Gasteiger partial charge in [0.1, 0.15) is 0 Å². The number of hydroxylamine groups is 2. The Hall–Kier alpha value is 0.0569. The van der Waals surface area contributed by atoms with E-state index in [2.05, 4.69) is 33.9 Å². The van der Waals surface area contributed by atoms with E-state index < -0.39 is 8.32 Å². The van der Waals surface area contributed by atoms with E-state index in [4.69, 9.17) is 14.0 Å². The van der Waals surface area contributed by atoms with E-state index in [0.29, 0.717) is 19.3 Å². The summed E-state index contributed by atoms with van der Waals surface area (Å²) in [6.45, 7) is 14.6. The van der Waals surface area contributed by atoms with Crippen LogP contribution in [-0.4, -0.2) is 52.9 Å². The molecule has 0 bridgehead atoms. The largest absolute Gasteiger partial charge is 0.414 e. The Morgan fingerprint density at radius 3 is 2.16 bits per heavy atom. The van der Waals surface area contributed by atoms with Gasteiger partial charge < -0.3 is 9.16 Å². The van der Waals surface area contributed by atoms with Crippen molar-refractivity contribution in [2.24, 2.45) is 0 Å². The lowest BCUT2D eigenvalue weighted by molar-refractivity contribution is -0.185. The van der Waals surface area contributed by atoms with Crippen molar-refractivity contribution in [1.29, 1.82) is 0 Å². The molecule has 0 aromatic carbocycles. The first-order valence-corrected chi connectivity index (χ1v) is 10.2. The first kappa shape index (κ1) is 17.1. The molecule has 114 valence electrons. The second-order valence-corrected chi connectivity index (χ2v) is 11.6. The molecule has 0 radical (unpaired) electrons. The third kappa shape index (κ3) is 5.51. The van der Waals surface area contributed by atoms with Crippen molar-refractivity contribution in [3.8, 4) is 0 Å². The van der Waals surface area contributed by atoms with Crippen LogP contribution in [0, 0.1) is 0 Å². The average molecular weight is 289 g/mol. The SMILES string of the molecule is COC1CCN(OCCO[Si](C)(C)C(C)(C)C)CC1. The Balaban J connectivity index is 2.15. The first-order chi connectivity index (χ1) is 8.76. The fraction of sp³-hybridized carbons (Fsp3) is 1.00. The molecule has 0 amide bonds. The summed E-state index contributed by atoms with van der Waals surface area (Å²) in [6, 6.07) is 0. The average Bonchev–Trinajstić information content (AvgIpc) is 2.34. The number of ether oxygens (including phenoxy) is 1. The first-order valence-electron chi connectivity index (χ1n) is 7.31. The highest BCUT2D eigenvalue weighted by Crippen LogP contribution is 2.36. The quantitative estimate of drug-likeness (QED) is 0.555. The highest BCUT2D eigenvalue weighted by Gasteiger charge is 2.36. The molecule has 0 aromatic heterocycles. The molecule has 1 heterocycles. The molecule has 0 unspecified atom stereocenters. The molecule has 4 nitrogen and oxygen atoms in total. The van der Waals surface area contributed by atoms with Crippen molar-refractivity contribution < 1.29 is 14.0 Å². The van der Waals surface area contributed by atoms with Crippen LogP contribution < -0.4 is 0 Å². The summed E-state index contributed by atoms with van der Waals surface area (Å²) in [6.07, 6.45) is 2.52. The van der Waals surface area contributed by atoms with E-state index in [9.17, 15) is 0 Å². The lowest BCUT2D eigenvalue weighted by atomic mass is 10.1. The summed E-state index contributed by atoms with van der Waals surface area (Å²) in [5.41, 5.74) is 0. The summed E-state index contributed by atoms with van der Waals surface area (Å²) in [5.74, 6) is 0. The predicted molar refractivity (Wildman–Crippen MR) is 80.7 cm³/mol. The van der Waals surface area contributed by atoms with Crippen LogP contribution in [0.1, 0.15) is 33.6 Å². The standard InChI is InChI=1S/C14H31NO3Si/c1-14(2,3)19(5,6)18-12-11-17-15-9-7-13(16-4)8-10-15/h13H,7-12H2,1-6H3. The van der Waals surface area contributed by atoms with Gasteiger partial charge in [0.25, 0.3) is 0 Å². The summed E-state index contributed by atoms with van der Waals surface area (Å²) < 4.78 is 11.4. The zero-order chi connectivity index (χ0) is 14.5. The lowest BCUT2D eigenvalue weighted by Gasteiger charge is -2.36. The summed E-state index contributed by atoms with van der Waals surface area (Å²) >= 11 is 0. The van der Waals surface area contributed by atoms with Crippen molar-refractivity contribution >= 4 is 8.32 Å². The molecule has 0 aromatic rings. The topological polar surface area (TPSA) is 30.9 Å². The minimum Gasteiger partial charge on any atom is -0.414 e. The van der Waals surface area contributed by atoms with Crippen LogP contribution in [0.3, 0.4) is 0 Å². The minimum absolute atomic E-state index is 0.268. The van der Waals surface area contributed by atoms with Crippen molar-refractivity contribution in [2.75, 3.05) is 33.4 Å². The van der Waals surface area contributed by atoms with Gasteiger partial charge in [-0.05, 0) is 31.0 Å². The van der Waals surface area contributed by atoms with Crippen molar-refractivity contribution in [3.63, 3.8) is 0 Å². The van der Waals surface area contributed by atoms with Crippen LogP contribution in [-0.2, 0) is 14.0 Å². The molecule has 0 atom stereocenters. The summed E-state index contributed by atoms with van der Waals surface area (Å²) in [4.78, 5) is 5.76. The Bertz CT molecular complexity index is 258. The molecule has 0 aliphatic carbocycles. The van der Waals surface area contributed by atoms with Gasteiger partial charge >= 0.3 is 0 Å². The third-order valence-electron chi connectivity index (χ3n) is 4.36. The molecule has 0 N–H and O–H groups in total. The maximum Gasteiger partial charge on any atom is 0.192 e. The van der Waals surface area contributed by atoms with Crippen LogP contribution in [0.5, 0.6) is 0 Å². The monoisotopic (exact) mass is 289 g/mol. The number of hydrogen-bond donors (Lipinski definition) is 0. The van der Waals surface area contributed by atoms with Gasteiger partial charge in [0.05, 0.1) is 19.3 Å². The minimum atomic E-state index is -1.63.